The highest BCUT2D eigenvalue weighted by Gasteiger charge is 2.36. The van der Waals surface area contributed by atoms with E-state index >= 15 is 0 Å². The number of ketones is 1. The number of hydrogen-bond acceptors (Lipinski definition) is 3. The average molecular weight is 474 g/mol. The Morgan fingerprint density at radius 3 is 2.13 bits per heavy atom. The van der Waals surface area contributed by atoms with Crippen LogP contribution in [0.15, 0.2) is 36.4 Å². The number of rotatable bonds is 5. The Labute approximate surface area is 185 Å². The number of alkyl halides is 3. The van der Waals surface area contributed by atoms with Crippen LogP contribution in [0.3, 0.4) is 0 Å². The van der Waals surface area contributed by atoms with Crippen LogP contribution >= 0.6 is 35.0 Å². The molecule has 1 fully saturated rings. The van der Waals surface area contributed by atoms with Gasteiger partial charge >= 0.3 is 6.18 Å². The molecule has 1 aliphatic heterocycles. The third kappa shape index (κ3) is 4.68. The minimum absolute atomic E-state index is 0.0222. The SMILES string of the molecule is Cc1c(C(N)=O)ccc(C(=O)/C=C(\c2cc(Cl)cc(Cl)c2)C(F)(F)F)c1C1CSC1. The number of nitrogens with two attached hydrogens (primary N) is 1. The molecular formula is C21H16Cl2F3NO2S. The third-order valence-electron chi connectivity index (χ3n) is 4.85. The van der Waals surface area contributed by atoms with Crippen LogP contribution in [0.2, 0.25) is 10.0 Å². The zero-order chi connectivity index (χ0) is 22.2. The lowest BCUT2D eigenvalue weighted by atomic mass is 9.86. The summed E-state index contributed by atoms with van der Waals surface area (Å²) in [7, 11) is 0. The van der Waals surface area contributed by atoms with E-state index in [4.69, 9.17) is 28.9 Å². The summed E-state index contributed by atoms with van der Waals surface area (Å²) in [5, 5.41) is 0.0443. The summed E-state index contributed by atoms with van der Waals surface area (Å²) in [6.45, 7) is 1.65. The zero-order valence-corrected chi connectivity index (χ0v) is 18.0. The van der Waals surface area contributed by atoms with Gasteiger partial charge in [-0.1, -0.05) is 23.2 Å². The van der Waals surface area contributed by atoms with Crippen LogP contribution in [-0.2, 0) is 0 Å². The first-order valence-corrected chi connectivity index (χ1v) is 10.7. The summed E-state index contributed by atoms with van der Waals surface area (Å²) in [6, 6.07) is 6.25. The Kier molecular flexibility index (Phi) is 6.55. The van der Waals surface area contributed by atoms with Crippen LogP contribution in [0, 0.1) is 6.92 Å². The van der Waals surface area contributed by atoms with Gasteiger partial charge in [-0.2, -0.15) is 24.9 Å². The number of carbonyl (C=O) groups excluding carboxylic acids is 2. The Balaban J connectivity index is 2.15. The molecule has 1 saturated heterocycles. The zero-order valence-electron chi connectivity index (χ0n) is 15.6. The fourth-order valence-electron chi connectivity index (χ4n) is 3.39. The van der Waals surface area contributed by atoms with E-state index in [-0.39, 0.29) is 32.7 Å². The lowest BCUT2D eigenvalue weighted by Crippen LogP contribution is -2.23. The topological polar surface area (TPSA) is 60.2 Å². The van der Waals surface area contributed by atoms with Crippen molar-refractivity contribution in [2.24, 2.45) is 5.73 Å². The molecule has 0 bridgehead atoms. The molecule has 3 nitrogen and oxygen atoms in total. The predicted octanol–water partition coefficient (Wildman–Crippen LogP) is 6.06. The third-order valence-corrected chi connectivity index (χ3v) is 6.56. The second kappa shape index (κ2) is 8.65. The van der Waals surface area contributed by atoms with Gasteiger partial charge in [-0.15, -0.1) is 0 Å². The number of allylic oxidation sites excluding steroid dienone is 2. The Morgan fingerprint density at radius 1 is 1.10 bits per heavy atom. The van der Waals surface area contributed by atoms with Crippen molar-refractivity contribution in [1.29, 1.82) is 0 Å². The number of thioether (sulfide) groups is 1. The first-order valence-electron chi connectivity index (χ1n) is 8.79. The Morgan fingerprint density at radius 2 is 1.67 bits per heavy atom. The molecule has 2 aromatic rings. The van der Waals surface area contributed by atoms with Crippen molar-refractivity contribution in [3.63, 3.8) is 0 Å². The Bertz CT molecular complexity index is 1040. The molecule has 0 unspecified atom stereocenters. The van der Waals surface area contributed by atoms with Gasteiger partial charge in [-0.25, -0.2) is 0 Å². The van der Waals surface area contributed by atoms with Gasteiger partial charge in [0, 0.05) is 38.6 Å². The molecule has 30 heavy (non-hydrogen) atoms. The van der Waals surface area contributed by atoms with Crippen molar-refractivity contribution < 1.29 is 22.8 Å². The van der Waals surface area contributed by atoms with Crippen LogP contribution in [-0.4, -0.2) is 29.4 Å². The number of hydrogen-bond donors (Lipinski definition) is 1. The molecule has 0 spiro atoms. The highest BCUT2D eigenvalue weighted by molar-refractivity contribution is 8.00. The molecule has 3 rings (SSSR count). The smallest absolute Gasteiger partial charge is 0.366 e. The molecule has 9 heteroatoms. The molecule has 0 radical (unpaired) electrons. The van der Waals surface area contributed by atoms with Crippen LogP contribution in [0.4, 0.5) is 13.2 Å². The molecule has 0 aliphatic carbocycles. The monoisotopic (exact) mass is 473 g/mol. The summed E-state index contributed by atoms with van der Waals surface area (Å²) < 4.78 is 41.3. The average Bonchev–Trinajstić information content (AvgIpc) is 2.57. The quantitative estimate of drug-likeness (QED) is 0.424. The lowest BCUT2D eigenvalue weighted by molar-refractivity contribution is -0.0689. The van der Waals surface area contributed by atoms with Gasteiger partial charge in [0.1, 0.15) is 0 Å². The second-order valence-electron chi connectivity index (χ2n) is 6.88. The molecule has 1 aliphatic rings. The normalized spacial score (nSPS) is 15.1. The van der Waals surface area contributed by atoms with Gasteiger partial charge < -0.3 is 5.73 Å². The molecule has 1 heterocycles. The maximum Gasteiger partial charge on any atom is 0.417 e. The van der Waals surface area contributed by atoms with Gasteiger partial charge in [0.15, 0.2) is 5.78 Å². The highest BCUT2D eigenvalue weighted by atomic mass is 35.5. The maximum absolute atomic E-state index is 13.8. The molecule has 0 aromatic heterocycles. The van der Waals surface area contributed by atoms with Crippen molar-refractivity contribution in [3.05, 3.63) is 74.3 Å². The van der Waals surface area contributed by atoms with Crippen molar-refractivity contribution in [2.75, 3.05) is 11.5 Å². The second-order valence-corrected chi connectivity index (χ2v) is 8.82. The molecule has 1 amide bonds. The first-order chi connectivity index (χ1) is 14.0. The van der Waals surface area contributed by atoms with Gasteiger partial charge in [0.05, 0.1) is 5.57 Å². The van der Waals surface area contributed by atoms with E-state index in [1.54, 1.807) is 18.7 Å². The van der Waals surface area contributed by atoms with Gasteiger partial charge in [0.2, 0.25) is 5.91 Å². The van der Waals surface area contributed by atoms with Crippen molar-refractivity contribution >= 4 is 52.2 Å². The minimum atomic E-state index is -4.81. The van der Waals surface area contributed by atoms with E-state index in [1.807, 2.05) is 0 Å². The standard InChI is InChI=1S/C21H16Cl2F3NO2S/c1-10-15(20(27)29)2-3-16(19(10)12-8-30-9-12)18(28)7-17(21(24,25)26)11-4-13(22)6-14(23)5-11/h2-7,12H,8-9H2,1H3,(H2,27,29)/b17-7+. The first kappa shape index (κ1) is 22.7. The van der Waals surface area contributed by atoms with Crippen molar-refractivity contribution in [2.45, 2.75) is 19.0 Å². The number of primary amides is 1. The number of halogens is 5. The van der Waals surface area contributed by atoms with Crippen molar-refractivity contribution in [1.82, 2.24) is 0 Å². The number of carbonyl (C=O) groups is 2. The van der Waals surface area contributed by atoms with E-state index in [2.05, 4.69) is 0 Å². The largest absolute Gasteiger partial charge is 0.417 e. The number of amides is 1. The van der Waals surface area contributed by atoms with E-state index in [0.29, 0.717) is 28.7 Å². The molecule has 2 aromatic carbocycles. The Hall–Kier alpha value is -1.96. The summed E-state index contributed by atoms with van der Waals surface area (Å²) in [5.41, 5.74) is 5.40. The minimum Gasteiger partial charge on any atom is -0.366 e. The number of benzene rings is 2. The van der Waals surface area contributed by atoms with E-state index in [1.165, 1.54) is 18.2 Å². The molecular weight excluding hydrogens is 458 g/mol. The maximum atomic E-state index is 13.8. The van der Waals surface area contributed by atoms with Crippen LogP contribution in [0.1, 0.15) is 43.3 Å². The summed E-state index contributed by atoms with van der Waals surface area (Å²) in [5.74, 6) is -0.0764. The molecule has 2 N–H and O–H groups in total. The predicted molar refractivity (Wildman–Crippen MR) is 115 cm³/mol. The summed E-state index contributed by atoms with van der Waals surface area (Å²) >= 11 is 13.3. The van der Waals surface area contributed by atoms with E-state index in [9.17, 15) is 22.8 Å². The van der Waals surface area contributed by atoms with Gasteiger partial charge in [-0.05, 0) is 60.0 Å². The molecule has 0 saturated carbocycles. The van der Waals surface area contributed by atoms with Crippen LogP contribution < -0.4 is 5.73 Å². The fourth-order valence-corrected chi connectivity index (χ4v) is 4.72. The molecule has 158 valence electrons. The lowest BCUT2D eigenvalue weighted by Gasteiger charge is -2.29. The van der Waals surface area contributed by atoms with Gasteiger partial charge in [-0.3, -0.25) is 9.59 Å². The van der Waals surface area contributed by atoms with E-state index < -0.39 is 23.4 Å². The fraction of sp³-hybridized carbons (Fsp3) is 0.238. The summed E-state index contributed by atoms with van der Waals surface area (Å²) in [4.78, 5) is 24.7. The summed E-state index contributed by atoms with van der Waals surface area (Å²) in [6.07, 6.45) is -4.26. The molecule has 0 atom stereocenters. The van der Waals surface area contributed by atoms with Crippen LogP contribution in [0.25, 0.3) is 5.57 Å². The van der Waals surface area contributed by atoms with E-state index in [0.717, 1.165) is 12.1 Å². The van der Waals surface area contributed by atoms with Crippen molar-refractivity contribution in [3.8, 4) is 0 Å². The van der Waals surface area contributed by atoms with Crippen LogP contribution in [0.5, 0.6) is 0 Å². The van der Waals surface area contributed by atoms with Gasteiger partial charge in [0.25, 0.3) is 0 Å². The highest BCUT2D eigenvalue weighted by Crippen LogP contribution is 2.40.